The Bertz CT molecular complexity index is 930. The Morgan fingerprint density at radius 2 is 1.71 bits per heavy atom. The van der Waals surface area contributed by atoms with Crippen molar-refractivity contribution in [3.8, 4) is 0 Å². The number of fused-ring (bicyclic) bond motifs is 1. The number of nitrogens with one attached hydrogen (secondary N) is 3. The van der Waals surface area contributed by atoms with E-state index in [1.54, 1.807) is 0 Å². The third-order valence-electron chi connectivity index (χ3n) is 6.35. The summed E-state index contributed by atoms with van der Waals surface area (Å²) in [7, 11) is 0. The Hall–Kier alpha value is -2.17. The third-order valence-corrected chi connectivity index (χ3v) is 6.35. The van der Waals surface area contributed by atoms with Crippen LogP contribution >= 0.6 is 24.0 Å². The number of hydrogen-bond acceptors (Lipinski definition) is 4. The fourth-order valence-corrected chi connectivity index (χ4v) is 4.55. The van der Waals surface area contributed by atoms with Gasteiger partial charge in [0, 0.05) is 70.4 Å². The molecule has 2 aromatic carbocycles. The number of carbonyl (C=O) groups excluding carboxylic acids is 1. The highest BCUT2D eigenvalue weighted by molar-refractivity contribution is 14.0. The predicted octanol–water partition coefficient (Wildman–Crippen LogP) is 3.10. The van der Waals surface area contributed by atoms with Gasteiger partial charge in [0.05, 0.1) is 6.54 Å². The SMILES string of the molecule is CCNC(=NCC1CC(=O)Nc2ccccc21)NCCN1CCN(Cc2ccccc2)CC1.I. The first-order valence-corrected chi connectivity index (χ1v) is 12.1. The highest BCUT2D eigenvalue weighted by Gasteiger charge is 2.24. The minimum atomic E-state index is 0. The average molecular weight is 577 g/mol. The topological polar surface area (TPSA) is 72.0 Å². The summed E-state index contributed by atoms with van der Waals surface area (Å²) in [6, 6.07) is 18.7. The number of guanidine groups is 1. The van der Waals surface area contributed by atoms with E-state index >= 15 is 0 Å². The minimum absolute atomic E-state index is 0. The number of aliphatic imine (C=N–C) groups is 1. The van der Waals surface area contributed by atoms with Crippen molar-refractivity contribution in [1.82, 2.24) is 20.4 Å². The van der Waals surface area contributed by atoms with Crippen molar-refractivity contribution in [2.24, 2.45) is 4.99 Å². The molecule has 2 aliphatic heterocycles. The van der Waals surface area contributed by atoms with Crippen LogP contribution < -0.4 is 16.0 Å². The summed E-state index contributed by atoms with van der Waals surface area (Å²) in [4.78, 5) is 21.9. The zero-order valence-corrected chi connectivity index (χ0v) is 22.3. The molecule has 0 radical (unpaired) electrons. The van der Waals surface area contributed by atoms with E-state index in [-0.39, 0.29) is 35.8 Å². The van der Waals surface area contributed by atoms with Crippen LogP contribution in [0, 0.1) is 0 Å². The van der Waals surface area contributed by atoms with Crippen LogP contribution in [-0.2, 0) is 11.3 Å². The van der Waals surface area contributed by atoms with Gasteiger partial charge in [0.1, 0.15) is 0 Å². The number of halogens is 1. The lowest BCUT2D eigenvalue weighted by molar-refractivity contribution is -0.116. The van der Waals surface area contributed by atoms with E-state index in [1.807, 2.05) is 18.2 Å². The molecule has 1 atom stereocenters. The third kappa shape index (κ3) is 7.68. The monoisotopic (exact) mass is 576 g/mol. The van der Waals surface area contributed by atoms with Gasteiger partial charge in [-0.1, -0.05) is 48.5 Å². The van der Waals surface area contributed by atoms with Crippen LogP contribution in [0.5, 0.6) is 0 Å². The molecule has 8 heteroatoms. The summed E-state index contributed by atoms with van der Waals surface area (Å²) in [6.07, 6.45) is 0.479. The van der Waals surface area contributed by atoms with Gasteiger partial charge in [-0.2, -0.15) is 0 Å². The molecule has 3 N–H and O–H groups in total. The summed E-state index contributed by atoms with van der Waals surface area (Å²) in [6.45, 7) is 10.8. The predicted molar refractivity (Wildman–Crippen MR) is 150 cm³/mol. The summed E-state index contributed by atoms with van der Waals surface area (Å²) in [5.74, 6) is 1.00. The lowest BCUT2D eigenvalue weighted by Gasteiger charge is -2.34. The van der Waals surface area contributed by atoms with Crippen molar-refractivity contribution in [2.75, 3.05) is 57.7 Å². The molecule has 1 amide bonds. The zero-order chi connectivity index (χ0) is 22.9. The van der Waals surface area contributed by atoms with E-state index < -0.39 is 0 Å². The molecule has 34 heavy (non-hydrogen) atoms. The van der Waals surface area contributed by atoms with Crippen LogP contribution in [-0.4, -0.2) is 74.0 Å². The van der Waals surface area contributed by atoms with Gasteiger partial charge >= 0.3 is 0 Å². The van der Waals surface area contributed by atoms with Crippen LogP contribution in [0.15, 0.2) is 59.6 Å². The maximum Gasteiger partial charge on any atom is 0.225 e. The van der Waals surface area contributed by atoms with Gasteiger partial charge in [-0.05, 0) is 24.1 Å². The first-order chi connectivity index (χ1) is 16.2. The van der Waals surface area contributed by atoms with E-state index in [0.29, 0.717) is 13.0 Å². The molecule has 0 bridgehead atoms. The number of para-hydroxylation sites is 1. The number of amides is 1. The lowest BCUT2D eigenvalue weighted by atomic mass is 9.91. The van der Waals surface area contributed by atoms with Crippen LogP contribution in [0.25, 0.3) is 0 Å². The van der Waals surface area contributed by atoms with Gasteiger partial charge in [0.15, 0.2) is 5.96 Å². The average Bonchev–Trinajstić information content (AvgIpc) is 2.84. The summed E-state index contributed by atoms with van der Waals surface area (Å²) >= 11 is 0. The summed E-state index contributed by atoms with van der Waals surface area (Å²) in [5.41, 5.74) is 3.47. The maximum absolute atomic E-state index is 12.1. The van der Waals surface area contributed by atoms with Crippen molar-refractivity contribution < 1.29 is 4.79 Å². The van der Waals surface area contributed by atoms with Crippen LogP contribution in [0.4, 0.5) is 5.69 Å². The van der Waals surface area contributed by atoms with Crippen molar-refractivity contribution in [1.29, 1.82) is 0 Å². The molecule has 1 saturated heterocycles. The Morgan fingerprint density at radius 3 is 2.47 bits per heavy atom. The Morgan fingerprint density at radius 1 is 1.00 bits per heavy atom. The Kier molecular flexibility index (Phi) is 10.6. The molecule has 1 unspecified atom stereocenters. The number of nitrogens with zero attached hydrogens (tertiary/aromatic N) is 3. The highest BCUT2D eigenvalue weighted by atomic mass is 127. The second kappa shape index (κ2) is 13.7. The van der Waals surface area contributed by atoms with Gasteiger partial charge in [-0.15, -0.1) is 24.0 Å². The van der Waals surface area contributed by atoms with E-state index in [0.717, 1.165) is 64.0 Å². The van der Waals surface area contributed by atoms with Crippen molar-refractivity contribution in [2.45, 2.75) is 25.8 Å². The normalized spacial score (nSPS) is 19.0. The number of carbonyl (C=O) groups is 1. The minimum Gasteiger partial charge on any atom is -0.357 e. The molecule has 2 aromatic rings. The quantitative estimate of drug-likeness (QED) is 0.256. The van der Waals surface area contributed by atoms with Crippen molar-refractivity contribution in [3.63, 3.8) is 0 Å². The summed E-state index contributed by atoms with van der Waals surface area (Å²) < 4.78 is 0. The molecular weight excluding hydrogens is 539 g/mol. The number of hydrogen-bond donors (Lipinski definition) is 3. The molecule has 4 rings (SSSR count). The van der Waals surface area contributed by atoms with Crippen LogP contribution in [0.2, 0.25) is 0 Å². The fraction of sp³-hybridized carbons (Fsp3) is 0.462. The highest BCUT2D eigenvalue weighted by Crippen LogP contribution is 2.31. The molecule has 2 heterocycles. The van der Waals surface area contributed by atoms with E-state index in [4.69, 9.17) is 4.99 Å². The molecule has 184 valence electrons. The molecular formula is C26H37IN6O. The molecule has 2 aliphatic rings. The molecule has 0 spiro atoms. The van der Waals surface area contributed by atoms with E-state index in [2.05, 4.69) is 69.1 Å². The Labute approximate surface area is 220 Å². The number of anilines is 1. The second-order valence-corrected chi connectivity index (χ2v) is 8.79. The van der Waals surface area contributed by atoms with E-state index in [9.17, 15) is 4.79 Å². The largest absolute Gasteiger partial charge is 0.357 e. The molecule has 1 fully saturated rings. The fourth-order valence-electron chi connectivity index (χ4n) is 4.55. The zero-order valence-electron chi connectivity index (χ0n) is 20.0. The molecule has 0 aromatic heterocycles. The molecule has 0 aliphatic carbocycles. The maximum atomic E-state index is 12.1. The number of piperazine rings is 1. The first-order valence-electron chi connectivity index (χ1n) is 12.1. The second-order valence-electron chi connectivity index (χ2n) is 8.79. The van der Waals surface area contributed by atoms with Gasteiger partial charge < -0.3 is 16.0 Å². The lowest BCUT2D eigenvalue weighted by Crippen LogP contribution is -2.49. The molecule has 0 saturated carbocycles. The van der Waals surface area contributed by atoms with Gasteiger partial charge in [0.25, 0.3) is 0 Å². The van der Waals surface area contributed by atoms with Crippen molar-refractivity contribution >= 4 is 41.5 Å². The number of rotatable bonds is 8. The smallest absolute Gasteiger partial charge is 0.225 e. The Balaban J connectivity index is 0.00000324. The van der Waals surface area contributed by atoms with E-state index in [1.165, 1.54) is 11.1 Å². The molecule has 7 nitrogen and oxygen atoms in total. The summed E-state index contributed by atoms with van der Waals surface area (Å²) in [5, 5.41) is 9.78. The van der Waals surface area contributed by atoms with Crippen molar-refractivity contribution in [3.05, 3.63) is 65.7 Å². The number of benzene rings is 2. The van der Waals surface area contributed by atoms with Crippen LogP contribution in [0.1, 0.15) is 30.4 Å². The van der Waals surface area contributed by atoms with Gasteiger partial charge in [-0.3, -0.25) is 19.6 Å². The first kappa shape index (κ1) is 26.4. The van der Waals surface area contributed by atoms with Gasteiger partial charge in [0.2, 0.25) is 5.91 Å². The van der Waals surface area contributed by atoms with Crippen LogP contribution in [0.3, 0.4) is 0 Å². The van der Waals surface area contributed by atoms with Gasteiger partial charge in [-0.25, -0.2) is 0 Å². The standard InChI is InChI=1S/C26H36N6O.HI/c1-2-27-26(29-19-22-18-25(33)30-24-11-7-6-10-23(22)24)28-12-13-31-14-16-32(17-15-31)20-21-8-4-3-5-9-21;/h3-11,22H,2,12-20H2,1H3,(H,30,33)(H2,27,28,29);1H.